The first kappa shape index (κ1) is 25.6. The molecule has 0 spiro atoms. The Hall–Kier alpha value is -3.52. The van der Waals surface area contributed by atoms with E-state index in [0.717, 1.165) is 43.0 Å². The van der Waals surface area contributed by atoms with Crippen LogP contribution < -0.4 is 5.32 Å². The van der Waals surface area contributed by atoms with Crippen LogP contribution in [-0.2, 0) is 22.4 Å². The molecular weight excluding hydrogens is 482 g/mol. The van der Waals surface area contributed by atoms with Gasteiger partial charge in [0, 0.05) is 22.8 Å². The van der Waals surface area contributed by atoms with E-state index in [0.29, 0.717) is 22.4 Å². The van der Waals surface area contributed by atoms with Crippen LogP contribution in [0.25, 0.3) is 10.9 Å². The number of carbonyl (C=O) groups is 2. The summed E-state index contributed by atoms with van der Waals surface area (Å²) in [6.07, 6.45) is 3.53. The van der Waals surface area contributed by atoms with Gasteiger partial charge < -0.3 is 10.1 Å². The summed E-state index contributed by atoms with van der Waals surface area (Å²) in [7, 11) is 0. The molecule has 8 nitrogen and oxygen atoms in total. The number of benzene rings is 2. The molecule has 4 rings (SSSR count). The van der Waals surface area contributed by atoms with Crippen molar-refractivity contribution in [3.63, 3.8) is 0 Å². The number of nitro groups is 1. The van der Waals surface area contributed by atoms with E-state index in [-0.39, 0.29) is 21.8 Å². The van der Waals surface area contributed by atoms with Crippen LogP contribution >= 0.6 is 11.6 Å². The molecule has 36 heavy (non-hydrogen) atoms. The molecule has 9 heteroatoms. The second kappa shape index (κ2) is 10.2. The summed E-state index contributed by atoms with van der Waals surface area (Å²) >= 11 is 5.82. The van der Waals surface area contributed by atoms with Crippen molar-refractivity contribution < 1.29 is 19.2 Å². The number of para-hydroxylation sites is 1. The van der Waals surface area contributed by atoms with Crippen molar-refractivity contribution in [2.75, 3.05) is 11.9 Å². The summed E-state index contributed by atoms with van der Waals surface area (Å²) in [6.45, 7) is 6.14. The van der Waals surface area contributed by atoms with Crippen LogP contribution in [0.15, 0.2) is 42.5 Å². The van der Waals surface area contributed by atoms with Crippen LogP contribution in [0, 0.1) is 21.4 Å². The molecule has 1 aromatic heterocycles. The third-order valence-electron chi connectivity index (χ3n) is 7.24. The number of aryl methyl sites for hydroxylation is 1. The minimum atomic E-state index is -0.636. The summed E-state index contributed by atoms with van der Waals surface area (Å²) in [5.41, 5.74) is 2.95. The molecule has 0 saturated heterocycles. The summed E-state index contributed by atoms with van der Waals surface area (Å²) < 4.78 is 5.45. The molecule has 2 aromatic carbocycles. The summed E-state index contributed by atoms with van der Waals surface area (Å²) in [4.78, 5) is 41.1. The van der Waals surface area contributed by atoms with Crippen molar-refractivity contribution in [3.05, 3.63) is 74.4 Å². The molecule has 1 aliphatic rings. The highest BCUT2D eigenvalue weighted by atomic mass is 35.5. The van der Waals surface area contributed by atoms with Gasteiger partial charge in [-0.1, -0.05) is 57.0 Å². The lowest BCUT2D eigenvalue weighted by molar-refractivity contribution is -0.384. The number of halogens is 1. The van der Waals surface area contributed by atoms with Crippen LogP contribution in [0.5, 0.6) is 0 Å². The predicted molar refractivity (Wildman–Crippen MR) is 138 cm³/mol. The molecule has 0 radical (unpaired) electrons. The SMILES string of the molecule is CCC(C)(C)C1CCc2nc3ccccc3c(C(=O)OCC(=O)Nc3ccc(Cl)c([N+](=O)[O-])c3)c2C1. The summed E-state index contributed by atoms with van der Waals surface area (Å²) in [6, 6.07) is 11.4. The average molecular weight is 510 g/mol. The topological polar surface area (TPSA) is 111 Å². The number of carbonyl (C=O) groups excluding carboxylic acids is 2. The Morgan fingerprint density at radius 3 is 2.72 bits per heavy atom. The molecule has 3 aromatic rings. The molecule has 1 atom stereocenters. The predicted octanol–water partition coefficient (Wildman–Crippen LogP) is 6.13. The number of nitrogens with one attached hydrogen (secondary N) is 1. The molecule has 0 aliphatic heterocycles. The number of amides is 1. The lowest BCUT2D eigenvalue weighted by Gasteiger charge is -2.37. The Kier molecular flexibility index (Phi) is 7.26. The Labute approximate surface area is 214 Å². The van der Waals surface area contributed by atoms with Crippen LogP contribution in [0.4, 0.5) is 11.4 Å². The van der Waals surface area contributed by atoms with E-state index in [1.807, 2.05) is 24.3 Å². The molecule has 0 bridgehead atoms. The molecule has 1 heterocycles. The molecule has 1 unspecified atom stereocenters. The highest BCUT2D eigenvalue weighted by Crippen LogP contribution is 2.41. The third-order valence-corrected chi connectivity index (χ3v) is 7.56. The summed E-state index contributed by atoms with van der Waals surface area (Å²) in [5, 5.41) is 14.3. The molecule has 1 N–H and O–H groups in total. The minimum Gasteiger partial charge on any atom is -0.452 e. The van der Waals surface area contributed by atoms with E-state index < -0.39 is 23.4 Å². The Bertz CT molecular complexity index is 1350. The fraction of sp³-hybridized carbons (Fsp3) is 0.370. The maximum Gasteiger partial charge on any atom is 0.339 e. The third kappa shape index (κ3) is 5.18. The largest absolute Gasteiger partial charge is 0.452 e. The van der Waals surface area contributed by atoms with Crippen molar-refractivity contribution in [1.29, 1.82) is 0 Å². The van der Waals surface area contributed by atoms with E-state index in [9.17, 15) is 19.7 Å². The smallest absolute Gasteiger partial charge is 0.339 e. The Morgan fingerprint density at radius 1 is 1.25 bits per heavy atom. The number of nitro benzene ring substituents is 1. The number of nitrogens with zero attached hydrogens (tertiary/aromatic N) is 2. The minimum absolute atomic E-state index is 0.0386. The van der Waals surface area contributed by atoms with Crippen molar-refractivity contribution in [3.8, 4) is 0 Å². The number of anilines is 1. The van der Waals surface area contributed by atoms with Gasteiger partial charge in [-0.05, 0) is 54.4 Å². The second-order valence-corrected chi connectivity index (χ2v) is 10.2. The van der Waals surface area contributed by atoms with Crippen LogP contribution in [-0.4, -0.2) is 28.4 Å². The lowest BCUT2D eigenvalue weighted by Crippen LogP contribution is -2.31. The number of hydrogen-bond acceptors (Lipinski definition) is 6. The molecule has 188 valence electrons. The van der Waals surface area contributed by atoms with Gasteiger partial charge in [-0.3, -0.25) is 19.9 Å². The van der Waals surface area contributed by atoms with Gasteiger partial charge in [0.05, 0.1) is 16.0 Å². The van der Waals surface area contributed by atoms with Gasteiger partial charge in [0.25, 0.3) is 11.6 Å². The van der Waals surface area contributed by atoms with Gasteiger partial charge in [-0.25, -0.2) is 4.79 Å². The number of fused-ring (bicyclic) bond motifs is 2. The summed E-state index contributed by atoms with van der Waals surface area (Å²) in [5.74, 6) is -0.803. The zero-order valence-electron chi connectivity index (χ0n) is 20.5. The van der Waals surface area contributed by atoms with E-state index in [1.165, 1.54) is 12.1 Å². The monoisotopic (exact) mass is 509 g/mol. The van der Waals surface area contributed by atoms with E-state index in [1.54, 1.807) is 0 Å². The lowest BCUT2D eigenvalue weighted by atomic mass is 9.68. The van der Waals surface area contributed by atoms with E-state index in [2.05, 4.69) is 26.1 Å². The Balaban J connectivity index is 1.57. The molecule has 0 fully saturated rings. The highest BCUT2D eigenvalue weighted by molar-refractivity contribution is 6.32. The first-order valence-electron chi connectivity index (χ1n) is 11.9. The van der Waals surface area contributed by atoms with Crippen LogP contribution in [0.2, 0.25) is 5.02 Å². The molecule has 1 aliphatic carbocycles. The number of rotatable bonds is 7. The van der Waals surface area contributed by atoms with E-state index in [4.69, 9.17) is 21.3 Å². The number of aromatic nitrogens is 1. The average Bonchev–Trinajstić information content (AvgIpc) is 2.86. The highest BCUT2D eigenvalue weighted by Gasteiger charge is 2.34. The maximum atomic E-state index is 13.4. The Morgan fingerprint density at radius 2 is 2.00 bits per heavy atom. The number of hydrogen-bond donors (Lipinski definition) is 1. The first-order valence-corrected chi connectivity index (χ1v) is 12.3. The molecular formula is C27H28ClN3O5. The molecule has 1 amide bonds. The molecule has 0 saturated carbocycles. The van der Waals surface area contributed by atoms with Gasteiger partial charge >= 0.3 is 5.97 Å². The van der Waals surface area contributed by atoms with Gasteiger partial charge in [0.2, 0.25) is 0 Å². The number of esters is 1. The second-order valence-electron chi connectivity index (χ2n) is 9.76. The zero-order chi connectivity index (χ0) is 26.0. The number of ether oxygens (including phenoxy) is 1. The standard InChI is InChI=1S/C27H28ClN3O5/c1-4-27(2,3)16-9-12-22-19(13-16)25(18-7-5-6-8-21(18)30-22)26(33)36-15-24(32)29-17-10-11-20(28)23(14-17)31(34)35/h5-8,10-11,14,16H,4,9,12-13,15H2,1-3H3,(H,29,32). The fourth-order valence-corrected chi connectivity index (χ4v) is 4.89. The normalized spacial score (nSPS) is 15.3. The number of pyridine rings is 1. The van der Waals surface area contributed by atoms with Gasteiger partial charge in [0.15, 0.2) is 6.61 Å². The fourth-order valence-electron chi connectivity index (χ4n) is 4.71. The zero-order valence-corrected chi connectivity index (χ0v) is 21.2. The first-order chi connectivity index (χ1) is 17.1. The van der Waals surface area contributed by atoms with Crippen molar-refractivity contribution >= 4 is 45.8 Å². The van der Waals surface area contributed by atoms with E-state index >= 15 is 0 Å². The van der Waals surface area contributed by atoms with Crippen LogP contribution in [0.3, 0.4) is 0 Å². The van der Waals surface area contributed by atoms with Crippen LogP contribution in [0.1, 0.15) is 55.2 Å². The van der Waals surface area contributed by atoms with Crippen molar-refractivity contribution in [2.24, 2.45) is 11.3 Å². The maximum absolute atomic E-state index is 13.4. The van der Waals surface area contributed by atoms with Gasteiger partial charge in [-0.15, -0.1) is 0 Å². The van der Waals surface area contributed by atoms with Crippen molar-refractivity contribution in [1.82, 2.24) is 4.98 Å². The van der Waals surface area contributed by atoms with Crippen molar-refractivity contribution in [2.45, 2.75) is 46.5 Å². The van der Waals surface area contributed by atoms with Gasteiger partial charge in [-0.2, -0.15) is 0 Å². The quantitative estimate of drug-likeness (QED) is 0.233. The van der Waals surface area contributed by atoms with Gasteiger partial charge in [0.1, 0.15) is 5.02 Å².